The Morgan fingerprint density at radius 3 is 3.07 bits per heavy atom. The number of anilines is 1. The van der Waals surface area contributed by atoms with Gasteiger partial charge >= 0.3 is 0 Å². The lowest BCUT2D eigenvalue weighted by Crippen LogP contribution is -2.29. The van der Waals surface area contributed by atoms with Gasteiger partial charge in [0, 0.05) is 25.0 Å². The fourth-order valence-corrected chi connectivity index (χ4v) is 2.69. The zero-order chi connectivity index (χ0) is 10.5. The van der Waals surface area contributed by atoms with Crippen molar-refractivity contribution in [1.29, 1.82) is 0 Å². The van der Waals surface area contributed by atoms with Crippen LogP contribution in [0.15, 0.2) is 12.4 Å². The van der Waals surface area contributed by atoms with Gasteiger partial charge in [0.05, 0.1) is 18.4 Å². The van der Waals surface area contributed by atoms with Crippen LogP contribution < -0.4 is 5.73 Å². The maximum absolute atomic E-state index is 5.61. The Balaban J connectivity index is 1.76. The molecule has 0 saturated carbocycles. The van der Waals surface area contributed by atoms with E-state index in [0.717, 1.165) is 18.8 Å². The van der Waals surface area contributed by atoms with Gasteiger partial charge in [0.2, 0.25) is 0 Å². The van der Waals surface area contributed by atoms with Gasteiger partial charge in [0.1, 0.15) is 0 Å². The first-order valence-corrected chi connectivity index (χ1v) is 6.58. The fourth-order valence-electron chi connectivity index (χ4n) is 1.77. The highest BCUT2D eigenvalue weighted by Gasteiger charge is 2.08. The lowest BCUT2D eigenvalue weighted by Gasteiger charge is -2.18. The van der Waals surface area contributed by atoms with Crippen LogP contribution in [0.25, 0.3) is 0 Å². The largest absolute Gasteiger partial charge is 0.396 e. The Morgan fingerprint density at radius 1 is 1.33 bits per heavy atom. The van der Waals surface area contributed by atoms with Crippen molar-refractivity contribution in [3.8, 4) is 0 Å². The first-order chi connectivity index (χ1) is 7.34. The van der Waals surface area contributed by atoms with Crippen molar-refractivity contribution < 1.29 is 0 Å². The smallest absolute Gasteiger partial charge is 0.0719 e. The second-order valence-corrected chi connectivity index (χ2v) is 5.07. The second kappa shape index (κ2) is 5.42. The molecule has 84 valence electrons. The normalized spacial score (nSPS) is 18.9. The zero-order valence-electron chi connectivity index (χ0n) is 8.93. The molecule has 1 saturated heterocycles. The van der Waals surface area contributed by atoms with Crippen LogP contribution in [0.1, 0.15) is 6.42 Å². The van der Waals surface area contributed by atoms with E-state index in [1.54, 1.807) is 6.20 Å². The van der Waals surface area contributed by atoms with Crippen molar-refractivity contribution in [3.05, 3.63) is 12.4 Å². The lowest BCUT2D eigenvalue weighted by atomic mass is 10.4. The molecule has 1 aromatic rings. The Bertz CT molecular complexity index is 291. The maximum atomic E-state index is 5.61. The molecule has 0 bridgehead atoms. The zero-order valence-corrected chi connectivity index (χ0v) is 9.75. The van der Waals surface area contributed by atoms with Crippen molar-refractivity contribution in [1.82, 2.24) is 14.7 Å². The third-order valence-electron chi connectivity index (χ3n) is 2.61. The quantitative estimate of drug-likeness (QED) is 0.832. The molecule has 15 heavy (non-hydrogen) atoms. The highest BCUT2D eigenvalue weighted by Crippen LogP contribution is 2.09. The van der Waals surface area contributed by atoms with E-state index in [0.29, 0.717) is 0 Å². The van der Waals surface area contributed by atoms with Crippen LogP contribution in [0.5, 0.6) is 0 Å². The Labute approximate surface area is 94.8 Å². The van der Waals surface area contributed by atoms with E-state index in [1.807, 2.05) is 10.9 Å². The van der Waals surface area contributed by atoms with E-state index in [9.17, 15) is 0 Å². The van der Waals surface area contributed by atoms with E-state index < -0.39 is 0 Å². The number of aromatic nitrogens is 2. The predicted molar refractivity (Wildman–Crippen MR) is 65.0 cm³/mol. The third-order valence-corrected chi connectivity index (χ3v) is 3.66. The van der Waals surface area contributed by atoms with Gasteiger partial charge in [0.15, 0.2) is 0 Å². The summed E-state index contributed by atoms with van der Waals surface area (Å²) in [7, 11) is 0. The van der Waals surface area contributed by atoms with Gasteiger partial charge in [-0.1, -0.05) is 0 Å². The van der Waals surface area contributed by atoms with Crippen LogP contribution in [0.4, 0.5) is 5.69 Å². The van der Waals surface area contributed by atoms with E-state index in [2.05, 4.69) is 21.8 Å². The summed E-state index contributed by atoms with van der Waals surface area (Å²) >= 11 is 2.06. The molecule has 2 N–H and O–H groups in total. The highest BCUT2D eigenvalue weighted by molar-refractivity contribution is 7.99. The number of nitrogens with zero attached hydrogens (tertiary/aromatic N) is 3. The maximum Gasteiger partial charge on any atom is 0.0719 e. The number of hydrogen-bond donors (Lipinski definition) is 1. The first-order valence-electron chi connectivity index (χ1n) is 5.42. The monoisotopic (exact) mass is 226 g/mol. The van der Waals surface area contributed by atoms with Crippen LogP contribution >= 0.6 is 11.8 Å². The van der Waals surface area contributed by atoms with Gasteiger partial charge in [-0.2, -0.15) is 16.9 Å². The molecule has 0 atom stereocenters. The van der Waals surface area contributed by atoms with Crippen LogP contribution in [0, 0.1) is 0 Å². The molecular weight excluding hydrogens is 208 g/mol. The topological polar surface area (TPSA) is 47.1 Å². The number of thioether (sulfide) groups is 1. The second-order valence-electron chi connectivity index (χ2n) is 3.84. The third kappa shape index (κ3) is 3.43. The molecule has 0 radical (unpaired) electrons. The molecule has 1 aliphatic heterocycles. The molecule has 1 aliphatic rings. The highest BCUT2D eigenvalue weighted by atomic mass is 32.2. The SMILES string of the molecule is Nc1cnn(CCN2CCCSCC2)c1. The minimum absolute atomic E-state index is 0.751. The summed E-state index contributed by atoms with van der Waals surface area (Å²) < 4.78 is 1.92. The minimum Gasteiger partial charge on any atom is -0.396 e. The van der Waals surface area contributed by atoms with Crippen molar-refractivity contribution in [2.75, 3.05) is 36.9 Å². The van der Waals surface area contributed by atoms with Crippen molar-refractivity contribution in [2.24, 2.45) is 0 Å². The number of nitrogen functional groups attached to an aromatic ring is 1. The molecule has 2 heterocycles. The molecule has 1 fully saturated rings. The molecule has 4 nitrogen and oxygen atoms in total. The summed E-state index contributed by atoms with van der Waals surface area (Å²) in [5.74, 6) is 2.58. The Morgan fingerprint density at radius 2 is 2.27 bits per heavy atom. The van der Waals surface area contributed by atoms with Gasteiger partial charge < -0.3 is 10.6 Å². The standard InChI is InChI=1S/C10H18N4S/c11-10-8-12-14(9-10)4-3-13-2-1-6-15-7-5-13/h8-9H,1-7,11H2. The molecule has 0 aliphatic carbocycles. The average Bonchev–Trinajstić information content (AvgIpc) is 2.52. The van der Waals surface area contributed by atoms with Gasteiger partial charge in [-0.15, -0.1) is 0 Å². The summed E-state index contributed by atoms with van der Waals surface area (Å²) in [5, 5.41) is 4.18. The van der Waals surface area contributed by atoms with Gasteiger partial charge in [-0.05, 0) is 18.7 Å². The Hall–Kier alpha value is -0.680. The lowest BCUT2D eigenvalue weighted by molar-refractivity contribution is 0.278. The van der Waals surface area contributed by atoms with E-state index in [4.69, 9.17) is 5.73 Å². The molecule has 0 spiro atoms. The average molecular weight is 226 g/mol. The van der Waals surface area contributed by atoms with Crippen LogP contribution in [0.3, 0.4) is 0 Å². The Kier molecular flexibility index (Phi) is 3.91. The van der Waals surface area contributed by atoms with Crippen molar-refractivity contribution in [2.45, 2.75) is 13.0 Å². The fraction of sp³-hybridized carbons (Fsp3) is 0.700. The summed E-state index contributed by atoms with van der Waals surface area (Å²) in [4.78, 5) is 2.51. The van der Waals surface area contributed by atoms with Gasteiger partial charge in [-0.3, -0.25) is 4.68 Å². The van der Waals surface area contributed by atoms with E-state index >= 15 is 0 Å². The summed E-state index contributed by atoms with van der Waals surface area (Å²) in [6, 6.07) is 0. The van der Waals surface area contributed by atoms with Crippen LogP contribution in [-0.2, 0) is 6.54 Å². The van der Waals surface area contributed by atoms with Crippen LogP contribution in [-0.4, -0.2) is 45.8 Å². The molecule has 0 aromatic carbocycles. The van der Waals surface area contributed by atoms with Gasteiger partial charge in [0.25, 0.3) is 0 Å². The molecule has 0 amide bonds. The van der Waals surface area contributed by atoms with E-state index in [-0.39, 0.29) is 0 Å². The molecule has 1 aromatic heterocycles. The van der Waals surface area contributed by atoms with Crippen molar-refractivity contribution >= 4 is 17.4 Å². The molecule has 2 rings (SSSR count). The predicted octanol–water partition coefficient (Wildman–Crippen LogP) is 0.904. The number of nitrogens with two attached hydrogens (primary N) is 1. The number of hydrogen-bond acceptors (Lipinski definition) is 4. The van der Waals surface area contributed by atoms with Gasteiger partial charge in [-0.25, -0.2) is 0 Å². The summed E-state index contributed by atoms with van der Waals surface area (Å²) in [6.45, 7) is 4.47. The van der Waals surface area contributed by atoms with Crippen LogP contribution in [0.2, 0.25) is 0 Å². The molecule has 0 unspecified atom stereocenters. The first kappa shape index (κ1) is 10.8. The summed E-state index contributed by atoms with van der Waals surface area (Å²) in [5.41, 5.74) is 6.36. The molecule has 5 heteroatoms. The number of rotatable bonds is 3. The molecular formula is C10H18N4S. The summed E-state index contributed by atoms with van der Waals surface area (Å²) in [6.07, 6.45) is 4.91. The minimum atomic E-state index is 0.751. The van der Waals surface area contributed by atoms with Crippen molar-refractivity contribution in [3.63, 3.8) is 0 Å². The van der Waals surface area contributed by atoms with E-state index in [1.165, 1.54) is 31.0 Å².